The van der Waals surface area contributed by atoms with E-state index in [0.29, 0.717) is 6.04 Å². The lowest BCUT2D eigenvalue weighted by Gasteiger charge is -2.39. The monoisotopic (exact) mass is 220 g/mol. The van der Waals surface area contributed by atoms with Crippen molar-refractivity contribution in [3.8, 4) is 0 Å². The molecule has 16 heavy (non-hydrogen) atoms. The Morgan fingerprint density at radius 1 is 1.44 bits per heavy atom. The maximum Gasteiger partial charge on any atom is 0.128 e. The van der Waals surface area contributed by atoms with Gasteiger partial charge in [-0.25, -0.2) is 4.98 Å². The molecule has 1 aliphatic rings. The van der Waals surface area contributed by atoms with Crippen LogP contribution < -0.4 is 10.6 Å². The van der Waals surface area contributed by atoms with Crippen LogP contribution >= 0.6 is 0 Å². The molecular formula is C12H20N4. The van der Waals surface area contributed by atoms with Gasteiger partial charge in [0, 0.05) is 25.7 Å². The summed E-state index contributed by atoms with van der Waals surface area (Å²) in [5.74, 6) is 1.04. The maximum atomic E-state index is 5.64. The fraction of sp³-hybridized carbons (Fsp3) is 0.583. The Hall–Kier alpha value is -1.29. The van der Waals surface area contributed by atoms with E-state index in [2.05, 4.69) is 28.6 Å². The average Bonchev–Trinajstić information content (AvgIpc) is 2.30. The highest BCUT2D eigenvalue weighted by molar-refractivity contribution is 5.46. The van der Waals surface area contributed by atoms with Crippen LogP contribution in [0.3, 0.4) is 0 Å². The van der Waals surface area contributed by atoms with E-state index in [1.54, 1.807) is 6.20 Å². The van der Waals surface area contributed by atoms with E-state index in [-0.39, 0.29) is 0 Å². The van der Waals surface area contributed by atoms with E-state index in [1.165, 1.54) is 0 Å². The Balaban J connectivity index is 2.04. The number of rotatable bonds is 2. The number of aromatic nitrogens is 1. The van der Waals surface area contributed by atoms with Gasteiger partial charge in [0.15, 0.2) is 0 Å². The zero-order valence-corrected chi connectivity index (χ0v) is 10.1. The lowest BCUT2D eigenvalue weighted by molar-refractivity contribution is 0.199. The number of hydrogen-bond acceptors (Lipinski definition) is 4. The molecule has 2 N–H and O–H groups in total. The summed E-state index contributed by atoms with van der Waals surface area (Å²) in [5.41, 5.74) is 6.36. The van der Waals surface area contributed by atoms with E-state index in [4.69, 9.17) is 5.73 Å². The van der Waals surface area contributed by atoms with Crippen molar-refractivity contribution in [1.29, 1.82) is 0 Å². The van der Waals surface area contributed by atoms with Crippen LogP contribution in [-0.4, -0.2) is 42.1 Å². The van der Waals surface area contributed by atoms with Gasteiger partial charge in [-0.15, -0.1) is 0 Å². The normalized spacial score (nSPS) is 22.4. The SMILES string of the molecule is CCN1CCN(c2ccc(N)cn2)CC1C. The number of likely N-dealkylation sites (N-methyl/N-ethyl adjacent to an activating group) is 1. The predicted octanol–water partition coefficient (Wildman–Crippen LogP) is 1.19. The third-order valence-electron chi connectivity index (χ3n) is 3.27. The van der Waals surface area contributed by atoms with Crippen LogP contribution in [0.15, 0.2) is 18.3 Å². The third-order valence-corrected chi connectivity index (χ3v) is 3.27. The Bertz CT molecular complexity index is 335. The van der Waals surface area contributed by atoms with E-state index in [9.17, 15) is 0 Å². The molecule has 0 spiro atoms. The van der Waals surface area contributed by atoms with Crippen molar-refractivity contribution >= 4 is 11.5 Å². The highest BCUT2D eigenvalue weighted by Gasteiger charge is 2.22. The van der Waals surface area contributed by atoms with Crippen molar-refractivity contribution in [2.24, 2.45) is 0 Å². The lowest BCUT2D eigenvalue weighted by Crippen LogP contribution is -2.51. The van der Waals surface area contributed by atoms with Gasteiger partial charge in [-0.1, -0.05) is 6.92 Å². The minimum absolute atomic E-state index is 0.595. The fourth-order valence-corrected chi connectivity index (χ4v) is 2.26. The first kappa shape index (κ1) is 11.2. The van der Waals surface area contributed by atoms with Gasteiger partial charge >= 0.3 is 0 Å². The summed E-state index contributed by atoms with van der Waals surface area (Å²) in [6, 6.07) is 4.51. The average molecular weight is 220 g/mol. The van der Waals surface area contributed by atoms with Gasteiger partial charge in [0.25, 0.3) is 0 Å². The van der Waals surface area contributed by atoms with Gasteiger partial charge in [0.05, 0.1) is 11.9 Å². The molecule has 0 radical (unpaired) electrons. The first-order valence-electron chi connectivity index (χ1n) is 5.91. The predicted molar refractivity (Wildman–Crippen MR) is 67.6 cm³/mol. The number of nitrogen functional groups attached to an aromatic ring is 1. The molecule has 1 fully saturated rings. The van der Waals surface area contributed by atoms with Gasteiger partial charge < -0.3 is 10.6 Å². The second-order valence-electron chi connectivity index (χ2n) is 4.37. The topological polar surface area (TPSA) is 45.4 Å². The smallest absolute Gasteiger partial charge is 0.128 e. The van der Waals surface area contributed by atoms with Crippen LogP contribution in [0.25, 0.3) is 0 Å². The van der Waals surface area contributed by atoms with Gasteiger partial charge in [0.1, 0.15) is 5.82 Å². The van der Waals surface area contributed by atoms with Gasteiger partial charge in [0.2, 0.25) is 0 Å². The van der Waals surface area contributed by atoms with E-state index in [1.807, 2.05) is 12.1 Å². The summed E-state index contributed by atoms with van der Waals surface area (Å²) in [7, 11) is 0. The first-order chi connectivity index (χ1) is 7.70. The molecule has 0 aliphatic carbocycles. The zero-order valence-electron chi connectivity index (χ0n) is 10.1. The summed E-state index contributed by atoms with van der Waals surface area (Å²) in [6.07, 6.45) is 1.73. The number of nitrogens with zero attached hydrogens (tertiary/aromatic N) is 3. The summed E-state index contributed by atoms with van der Waals surface area (Å²) in [4.78, 5) is 9.19. The minimum Gasteiger partial charge on any atom is -0.397 e. The first-order valence-corrected chi connectivity index (χ1v) is 5.91. The number of pyridine rings is 1. The second-order valence-corrected chi connectivity index (χ2v) is 4.37. The molecule has 1 atom stereocenters. The van der Waals surface area contributed by atoms with Crippen molar-refractivity contribution < 1.29 is 0 Å². The molecule has 1 unspecified atom stereocenters. The van der Waals surface area contributed by atoms with Crippen LogP contribution in [0.2, 0.25) is 0 Å². The van der Waals surface area contributed by atoms with Gasteiger partial charge in [-0.3, -0.25) is 4.90 Å². The van der Waals surface area contributed by atoms with Crippen molar-refractivity contribution in [2.75, 3.05) is 36.8 Å². The standard InChI is InChI=1S/C12H20N4/c1-3-15-6-7-16(9-10(15)2)12-5-4-11(13)8-14-12/h4-5,8,10H,3,6-7,9,13H2,1-2H3. The van der Waals surface area contributed by atoms with Crippen LogP contribution in [-0.2, 0) is 0 Å². The quantitative estimate of drug-likeness (QED) is 0.813. The maximum absolute atomic E-state index is 5.64. The van der Waals surface area contributed by atoms with Gasteiger partial charge in [-0.2, -0.15) is 0 Å². The molecule has 0 saturated carbocycles. The molecule has 2 rings (SSSR count). The third kappa shape index (κ3) is 2.27. The zero-order chi connectivity index (χ0) is 11.5. The molecule has 1 aromatic heterocycles. The summed E-state index contributed by atoms with van der Waals surface area (Å²) in [6.45, 7) is 8.83. The summed E-state index contributed by atoms with van der Waals surface area (Å²) in [5, 5.41) is 0. The van der Waals surface area contributed by atoms with Crippen molar-refractivity contribution in [3.05, 3.63) is 18.3 Å². The molecule has 1 aromatic rings. The Kier molecular flexibility index (Phi) is 3.29. The van der Waals surface area contributed by atoms with Crippen LogP contribution in [0, 0.1) is 0 Å². The van der Waals surface area contributed by atoms with Crippen molar-refractivity contribution in [3.63, 3.8) is 0 Å². The van der Waals surface area contributed by atoms with Crippen LogP contribution in [0.1, 0.15) is 13.8 Å². The van der Waals surface area contributed by atoms with E-state index >= 15 is 0 Å². The lowest BCUT2D eigenvalue weighted by atomic mass is 10.2. The highest BCUT2D eigenvalue weighted by atomic mass is 15.3. The molecule has 0 aromatic carbocycles. The molecule has 1 saturated heterocycles. The number of hydrogen-bond donors (Lipinski definition) is 1. The largest absolute Gasteiger partial charge is 0.397 e. The molecule has 2 heterocycles. The number of piperazine rings is 1. The number of nitrogens with two attached hydrogens (primary N) is 1. The fourth-order valence-electron chi connectivity index (χ4n) is 2.26. The molecule has 88 valence electrons. The molecule has 4 nitrogen and oxygen atoms in total. The summed E-state index contributed by atoms with van der Waals surface area (Å²) >= 11 is 0. The van der Waals surface area contributed by atoms with Crippen LogP contribution in [0.5, 0.6) is 0 Å². The molecule has 0 bridgehead atoms. The second kappa shape index (κ2) is 4.70. The number of anilines is 2. The highest BCUT2D eigenvalue weighted by Crippen LogP contribution is 2.17. The van der Waals surface area contributed by atoms with Crippen LogP contribution in [0.4, 0.5) is 11.5 Å². The Labute approximate surface area is 97.1 Å². The van der Waals surface area contributed by atoms with Crippen molar-refractivity contribution in [2.45, 2.75) is 19.9 Å². The molecule has 4 heteroatoms. The van der Waals surface area contributed by atoms with Gasteiger partial charge in [-0.05, 0) is 25.6 Å². The van der Waals surface area contributed by atoms with E-state index in [0.717, 1.165) is 37.7 Å². The van der Waals surface area contributed by atoms with Crippen molar-refractivity contribution in [1.82, 2.24) is 9.88 Å². The minimum atomic E-state index is 0.595. The molecule has 1 aliphatic heterocycles. The molecule has 0 amide bonds. The summed E-state index contributed by atoms with van der Waals surface area (Å²) < 4.78 is 0. The van der Waals surface area contributed by atoms with E-state index < -0.39 is 0 Å². The Morgan fingerprint density at radius 3 is 2.81 bits per heavy atom. The Morgan fingerprint density at radius 2 is 2.25 bits per heavy atom. The molecular weight excluding hydrogens is 200 g/mol.